The molecule has 0 aliphatic carbocycles. The highest BCUT2D eigenvalue weighted by Crippen LogP contribution is 2.28. The Morgan fingerprint density at radius 3 is 2.36 bits per heavy atom. The Balaban J connectivity index is 1.22. The van der Waals surface area contributed by atoms with Crippen LogP contribution in [0.5, 0.6) is 0 Å². The van der Waals surface area contributed by atoms with Gasteiger partial charge in [-0.05, 0) is 69.0 Å². The number of aromatic nitrogens is 2. The standard InChI is InChI=1S/C31H45N9O2/c1-4-26-30(33-20-22-10-13-40(21-22)27(41)5-2)36-31(28(35-26)29(32)42)34-23-6-8-24(9-7-23)38-14-11-25(12-15-38)39-18-16-37(3)17-19-39/h5-9,22,25H,2,4,10-21H2,1,3H3,(H2,32,42)(H2,33,34,36)/t22-/m1/s1. The van der Waals surface area contributed by atoms with E-state index in [0.717, 1.165) is 44.8 Å². The van der Waals surface area contributed by atoms with Gasteiger partial charge in [-0.1, -0.05) is 13.5 Å². The number of anilines is 4. The number of piperazine rings is 1. The molecular weight excluding hydrogens is 530 g/mol. The summed E-state index contributed by atoms with van der Waals surface area (Å²) in [6.07, 6.45) is 5.24. The Morgan fingerprint density at radius 1 is 1.00 bits per heavy atom. The summed E-state index contributed by atoms with van der Waals surface area (Å²) in [7, 11) is 2.20. The van der Waals surface area contributed by atoms with Gasteiger partial charge in [0.1, 0.15) is 5.82 Å². The molecule has 1 aromatic heterocycles. The number of likely N-dealkylation sites (tertiary alicyclic amines) is 1. The molecule has 0 radical (unpaired) electrons. The zero-order valence-corrected chi connectivity index (χ0v) is 25.0. The van der Waals surface area contributed by atoms with Crippen LogP contribution in [0.1, 0.15) is 42.4 Å². The van der Waals surface area contributed by atoms with Crippen LogP contribution in [0, 0.1) is 5.92 Å². The number of nitrogens with one attached hydrogen (secondary N) is 2. The zero-order valence-electron chi connectivity index (χ0n) is 25.0. The first-order valence-electron chi connectivity index (χ1n) is 15.2. The number of nitrogens with zero attached hydrogens (tertiary/aromatic N) is 6. The predicted octanol–water partition coefficient (Wildman–Crippen LogP) is 2.54. The molecular formula is C31H45N9O2. The summed E-state index contributed by atoms with van der Waals surface area (Å²) in [5, 5.41) is 6.69. The molecule has 2 aromatic rings. The van der Waals surface area contributed by atoms with Gasteiger partial charge in [0.05, 0.1) is 5.69 Å². The lowest BCUT2D eigenvalue weighted by molar-refractivity contribution is -0.125. The molecule has 3 fully saturated rings. The summed E-state index contributed by atoms with van der Waals surface area (Å²) in [5.41, 5.74) is 8.52. The number of piperidine rings is 1. The predicted molar refractivity (Wildman–Crippen MR) is 167 cm³/mol. The van der Waals surface area contributed by atoms with Crippen LogP contribution >= 0.6 is 0 Å². The molecule has 0 saturated carbocycles. The molecule has 226 valence electrons. The van der Waals surface area contributed by atoms with E-state index in [9.17, 15) is 9.59 Å². The van der Waals surface area contributed by atoms with Gasteiger partial charge in [-0.3, -0.25) is 14.5 Å². The number of primary amides is 1. The van der Waals surface area contributed by atoms with Crippen molar-refractivity contribution in [2.75, 3.05) is 81.5 Å². The fourth-order valence-corrected chi connectivity index (χ4v) is 6.26. The molecule has 0 bridgehead atoms. The molecule has 42 heavy (non-hydrogen) atoms. The number of nitrogens with two attached hydrogens (primary N) is 1. The van der Waals surface area contributed by atoms with E-state index in [0.29, 0.717) is 48.8 Å². The van der Waals surface area contributed by atoms with Gasteiger partial charge < -0.3 is 31.1 Å². The first-order valence-corrected chi connectivity index (χ1v) is 15.2. The molecule has 3 aliphatic heterocycles. The van der Waals surface area contributed by atoms with E-state index in [1.807, 2.05) is 24.0 Å². The van der Waals surface area contributed by atoms with E-state index in [2.05, 4.69) is 56.1 Å². The summed E-state index contributed by atoms with van der Waals surface area (Å²) >= 11 is 0. The highest BCUT2D eigenvalue weighted by Gasteiger charge is 2.27. The summed E-state index contributed by atoms with van der Waals surface area (Å²) in [6, 6.07) is 8.94. The average molecular weight is 576 g/mol. The van der Waals surface area contributed by atoms with Crippen molar-refractivity contribution < 1.29 is 9.59 Å². The van der Waals surface area contributed by atoms with Crippen LogP contribution in [0.15, 0.2) is 36.9 Å². The number of aryl methyl sites for hydroxylation is 1. The van der Waals surface area contributed by atoms with Crippen molar-refractivity contribution in [3.63, 3.8) is 0 Å². The van der Waals surface area contributed by atoms with Crippen LogP contribution in [-0.2, 0) is 11.2 Å². The van der Waals surface area contributed by atoms with Crippen LogP contribution < -0.4 is 21.3 Å². The first kappa shape index (κ1) is 29.8. The second kappa shape index (κ2) is 13.5. The number of likely N-dealkylation sites (N-methyl/N-ethyl adjacent to an activating group) is 1. The molecule has 3 saturated heterocycles. The van der Waals surface area contributed by atoms with E-state index < -0.39 is 5.91 Å². The summed E-state index contributed by atoms with van der Waals surface area (Å²) in [5.74, 6) is 0.591. The number of rotatable bonds is 10. The van der Waals surface area contributed by atoms with Crippen molar-refractivity contribution in [1.82, 2.24) is 24.7 Å². The second-order valence-corrected chi connectivity index (χ2v) is 11.7. The lowest BCUT2D eigenvalue weighted by Crippen LogP contribution is -2.52. The molecule has 1 atom stereocenters. The number of hydrogen-bond donors (Lipinski definition) is 3. The van der Waals surface area contributed by atoms with Gasteiger partial charge in [-0.25, -0.2) is 9.97 Å². The monoisotopic (exact) mass is 575 g/mol. The summed E-state index contributed by atoms with van der Waals surface area (Å²) in [4.78, 5) is 42.9. The normalized spacial score (nSPS) is 20.5. The van der Waals surface area contributed by atoms with Crippen molar-refractivity contribution in [2.24, 2.45) is 11.7 Å². The zero-order chi connectivity index (χ0) is 29.6. The van der Waals surface area contributed by atoms with E-state index in [1.165, 1.54) is 37.7 Å². The molecule has 4 heterocycles. The van der Waals surface area contributed by atoms with Crippen molar-refractivity contribution in [2.45, 2.75) is 38.6 Å². The van der Waals surface area contributed by atoms with Crippen molar-refractivity contribution in [3.8, 4) is 0 Å². The topological polar surface area (TPSA) is 123 Å². The maximum absolute atomic E-state index is 12.3. The number of benzene rings is 1. The van der Waals surface area contributed by atoms with Gasteiger partial charge in [-0.2, -0.15) is 0 Å². The van der Waals surface area contributed by atoms with Crippen molar-refractivity contribution >= 4 is 34.8 Å². The maximum atomic E-state index is 12.3. The van der Waals surface area contributed by atoms with Crippen LogP contribution in [-0.4, -0.2) is 108 Å². The van der Waals surface area contributed by atoms with Crippen LogP contribution in [0.2, 0.25) is 0 Å². The highest BCUT2D eigenvalue weighted by atomic mass is 16.2. The minimum Gasteiger partial charge on any atom is -0.371 e. The number of carbonyl (C=O) groups excluding carboxylic acids is 2. The number of hydrogen-bond acceptors (Lipinski definition) is 9. The molecule has 1 aromatic carbocycles. The third-order valence-electron chi connectivity index (χ3n) is 8.88. The molecule has 11 heteroatoms. The Bertz CT molecular complexity index is 1250. The molecule has 4 N–H and O–H groups in total. The largest absolute Gasteiger partial charge is 0.371 e. The van der Waals surface area contributed by atoms with Gasteiger partial charge >= 0.3 is 0 Å². The highest BCUT2D eigenvalue weighted by molar-refractivity contribution is 5.96. The fourth-order valence-electron chi connectivity index (χ4n) is 6.26. The summed E-state index contributed by atoms with van der Waals surface area (Å²) in [6.45, 7) is 14.4. The molecule has 3 aliphatic rings. The Morgan fingerprint density at radius 2 is 1.71 bits per heavy atom. The number of amides is 2. The minimum atomic E-state index is -0.625. The van der Waals surface area contributed by atoms with Crippen molar-refractivity contribution in [3.05, 3.63) is 48.3 Å². The summed E-state index contributed by atoms with van der Waals surface area (Å²) < 4.78 is 0. The van der Waals surface area contributed by atoms with Gasteiger partial charge in [0.2, 0.25) is 5.91 Å². The van der Waals surface area contributed by atoms with E-state index in [4.69, 9.17) is 10.7 Å². The number of carbonyl (C=O) groups is 2. The lowest BCUT2D eigenvalue weighted by atomic mass is 10.0. The average Bonchev–Trinajstić information content (AvgIpc) is 3.49. The third-order valence-corrected chi connectivity index (χ3v) is 8.88. The van der Waals surface area contributed by atoms with Crippen LogP contribution in [0.4, 0.5) is 23.0 Å². The van der Waals surface area contributed by atoms with Gasteiger partial charge in [0, 0.05) is 76.3 Å². The Kier molecular flexibility index (Phi) is 9.58. The molecule has 11 nitrogen and oxygen atoms in total. The smallest absolute Gasteiger partial charge is 0.271 e. The molecule has 5 rings (SSSR count). The van der Waals surface area contributed by atoms with Gasteiger partial charge in [0.25, 0.3) is 5.91 Å². The fraction of sp³-hybridized carbons (Fsp3) is 0.548. The molecule has 0 spiro atoms. The SMILES string of the molecule is C=CC(=O)N1CC[C@H](CNc2nc(Nc3ccc(N4CCC(N5CCN(C)CC5)CC4)cc3)c(C(N)=O)nc2CC)C1. The third kappa shape index (κ3) is 7.01. The Hall–Kier alpha value is -3.70. The quantitative estimate of drug-likeness (QED) is 0.367. The van der Waals surface area contributed by atoms with Crippen LogP contribution in [0.25, 0.3) is 0 Å². The lowest BCUT2D eigenvalue weighted by Gasteiger charge is -2.42. The molecule has 2 amide bonds. The van der Waals surface area contributed by atoms with E-state index >= 15 is 0 Å². The Labute approximate surface area is 249 Å². The minimum absolute atomic E-state index is 0.0370. The second-order valence-electron chi connectivity index (χ2n) is 11.7. The van der Waals surface area contributed by atoms with Crippen LogP contribution in [0.3, 0.4) is 0 Å². The first-order chi connectivity index (χ1) is 20.3. The van der Waals surface area contributed by atoms with Gasteiger partial charge in [-0.15, -0.1) is 0 Å². The maximum Gasteiger partial charge on any atom is 0.271 e. The van der Waals surface area contributed by atoms with E-state index in [-0.39, 0.29) is 11.6 Å². The van der Waals surface area contributed by atoms with Crippen molar-refractivity contribution in [1.29, 1.82) is 0 Å². The van der Waals surface area contributed by atoms with Gasteiger partial charge in [0.15, 0.2) is 11.5 Å². The molecule has 0 unspecified atom stereocenters. The van der Waals surface area contributed by atoms with E-state index in [1.54, 1.807) is 0 Å².